The lowest BCUT2D eigenvalue weighted by atomic mass is 10.1. The minimum Gasteiger partial charge on any atom is -0.483 e. The summed E-state index contributed by atoms with van der Waals surface area (Å²) in [4.78, 5) is 0. The quantitative estimate of drug-likeness (QED) is 0.646. The Hall–Kier alpha value is -2.07. The highest BCUT2D eigenvalue weighted by molar-refractivity contribution is 6.17. The van der Waals surface area contributed by atoms with Crippen molar-refractivity contribution < 1.29 is 9.15 Å². The molecule has 0 fully saturated rings. The maximum Gasteiger partial charge on any atom is 0.253 e. The van der Waals surface area contributed by atoms with Gasteiger partial charge in [-0.2, -0.15) is 0 Å². The third-order valence-corrected chi connectivity index (χ3v) is 3.40. The number of hydrogen-bond acceptors (Lipinski definition) is 4. The van der Waals surface area contributed by atoms with Gasteiger partial charge in [-0.3, -0.25) is 0 Å². The van der Waals surface area contributed by atoms with Crippen molar-refractivity contribution in [3.05, 3.63) is 54.2 Å². The normalized spacial score (nSPS) is 10.9. The zero-order chi connectivity index (χ0) is 14.5. The Bertz CT molecular complexity index is 722. The van der Waals surface area contributed by atoms with E-state index in [2.05, 4.69) is 22.3 Å². The molecule has 0 bridgehead atoms. The summed E-state index contributed by atoms with van der Waals surface area (Å²) in [6.07, 6.45) is 1.53. The molecule has 4 nitrogen and oxygen atoms in total. The lowest BCUT2D eigenvalue weighted by Crippen LogP contribution is -1.96. The third kappa shape index (κ3) is 3.34. The van der Waals surface area contributed by atoms with Crippen LogP contribution < -0.4 is 4.74 Å². The molecular formula is C16H15ClN2O2. The predicted octanol–water partition coefficient (Wildman–Crippen LogP) is 3.97. The Morgan fingerprint density at radius 3 is 2.71 bits per heavy atom. The summed E-state index contributed by atoms with van der Waals surface area (Å²) >= 11 is 5.64. The molecule has 21 heavy (non-hydrogen) atoms. The zero-order valence-corrected chi connectivity index (χ0v) is 12.2. The standard InChI is InChI=1S/C16H15ClN2O2/c17-10-4-9-15-18-19-16(21-15)11-20-14-8-3-6-12-5-1-2-7-13(12)14/h1-3,5-8H,4,9-11H2. The molecule has 2 aromatic carbocycles. The first-order chi connectivity index (χ1) is 10.4. The van der Waals surface area contributed by atoms with Gasteiger partial charge >= 0.3 is 0 Å². The Morgan fingerprint density at radius 1 is 1.00 bits per heavy atom. The Labute approximate surface area is 127 Å². The molecule has 0 spiro atoms. The first-order valence-corrected chi connectivity index (χ1v) is 7.38. The molecule has 0 saturated carbocycles. The van der Waals surface area contributed by atoms with Gasteiger partial charge in [0.15, 0.2) is 6.61 Å². The van der Waals surface area contributed by atoms with E-state index < -0.39 is 0 Å². The molecule has 3 rings (SSSR count). The van der Waals surface area contributed by atoms with Gasteiger partial charge in [-0.15, -0.1) is 21.8 Å². The fraction of sp³-hybridized carbons (Fsp3) is 0.250. The van der Waals surface area contributed by atoms with E-state index >= 15 is 0 Å². The fourth-order valence-electron chi connectivity index (χ4n) is 2.13. The van der Waals surface area contributed by atoms with Gasteiger partial charge in [-0.05, 0) is 17.9 Å². The molecule has 0 aliphatic rings. The summed E-state index contributed by atoms with van der Waals surface area (Å²) in [6.45, 7) is 0.266. The second-order valence-corrected chi connectivity index (χ2v) is 5.03. The van der Waals surface area contributed by atoms with E-state index in [0.29, 0.717) is 24.1 Å². The topological polar surface area (TPSA) is 48.2 Å². The van der Waals surface area contributed by atoms with Gasteiger partial charge in [0.05, 0.1) is 0 Å². The van der Waals surface area contributed by atoms with E-state index in [1.165, 1.54) is 0 Å². The van der Waals surface area contributed by atoms with Crippen molar-refractivity contribution in [2.75, 3.05) is 5.88 Å². The minimum absolute atomic E-state index is 0.266. The number of halogens is 1. The average molecular weight is 303 g/mol. The van der Waals surface area contributed by atoms with E-state index in [1.807, 2.05) is 30.3 Å². The summed E-state index contributed by atoms with van der Waals surface area (Å²) < 4.78 is 11.3. The molecule has 0 N–H and O–H groups in total. The van der Waals surface area contributed by atoms with Crippen LogP contribution in [0.5, 0.6) is 5.75 Å². The van der Waals surface area contributed by atoms with Gasteiger partial charge in [-0.1, -0.05) is 36.4 Å². The SMILES string of the molecule is ClCCCc1nnc(COc2cccc3ccccc23)o1. The fourth-order valence-corrected chi connectivity index (χ4v) is 2.26. The van der Waals surface area contributed by atoms with Gasteiger partial charge < -0.3 is 9.15 Å². The smallest absolute Gasteiger partial charge is 0.253 e. The predicted molar refractivity (Wildman–Crippen MR) is 81.6 cm³/mol. The summed E-state index contributed by atoms with van der Waals surface area (Å²) in [7, 11) is 0. The van der Waals surface area contributed by atoms with Gasteiger partial charge in [0.1, 0.15) is 5.75 Å². The molecule has 0 amide bonds. The van der Waals surface area contributed by atoms with Crippen molar-refractivity contribution in [3.63, 3.8) is 0 Å². The van der Waals surface area contributed by atoms with E-state index in [9.17, 15) is 0 Å². The van der Waals surface area contributed by atoms with E-state index in [0.717, 1.165) is 22.9 Å². The highest BCUT2D eigenvalue weighted by Gasteiger charge is 2.08. The van der Waals surface area contributed by atoms with Crippen molar-refractivity contribution in [2.24, 2.45) is 0 Å². The van der Waals surface area contributed by atoms with E-state index in [-0.39, 0.29) is 6.61 Å². The molecule has 5 heteroatoms. The molecule has 0 unspecified atom stereocenters. The van der Waals surface area contributed by atoms with Crippen molar-refractivity contribution in [2.45, 2.75) is 19.4 Å². The van der Waals surface area contributed by atoms with Crippen molar-refractivity contribution >= 4 is 22.4 Å². The largest absolute Gasteiger partial charge is 0.483 e. The van der Waals surface area contributed by atoms with E-state index in [1.54, 1.807) is 0 Å². The molecule has 0 aliphatic carbocycles. The Morgan fingerprint density at radius 2 is 1.81 bits per heavy atom. The second-order valence-electron chi connectivity index (χ2n) is 4.65. The molecule has 3 aromatic rings. The van der Waals surface area contributed by atoms with Crippen LogP contribution in [0.3, 0.4) is 0 Å². The van der Waals surface area contributed by atoms with Gasteiger partial charge in [0.25, 0.3) is 5.89 Å². The lowest BCUT2D eigenvalue weighted by molar-refractivity contribution is 0.261. The summed E-state index contributed by atoms with van der Waals surface area (Å²) in [5.74, 6) is 2.48. The van der Waals surface area contributed by atoms with Crippen LogP contribution in [0.1, 0.15) is 18.2 Å². The van der Waals surface area contributed by atoms with Crippen LogP contribution in [0.25, 0.3) is 10.8 Å². The second kappa shape index (κ2) is 6.59. The first kappa shape index (κ1) is 13.9. The van der Waals surface area contributed by atoms with Gasteiger partial charge in [-0.25, -0.2) is 0 Å². The zero-order valence-electron chi connectivity index (χ0n) is 11.5. The lowest BCUT2D eigenvalue weighted by Gasteiger charge is -2.07. The van der Waals surface area contributed by atoms with Crippen molar-refractivity contribution in [3.8, 4) is 5.75 Å². The van der Waals surface area contributed by atoms with Crippen LogP contribution in [0, 0.1) is 0 Å². The van der Waals surface area contributed by atoms with E-state index in [4.69, 9.17) is 20.8 Å². The molecule has 1 heterocycles. The third-order valence-electron chi connectivity index (χ3n) is 3.13. The molecule has 0 atom stereocenters. The average Bonchev–Trinajstić information content (AvgIpc) is 2.99. The maximum atomic E-state index is 5.80. The number of benzene rings is 2. The van der Waals surface area contributed by atoms with Crippen molar-refractivity contribution in [1.82, 2.24) is 10.2 Å². The Kier molecular flexibility index (Phi) is 4.36. The van der Waals surface area contributed by atoms with Crippen LogP contribution in [0.15, 0.2) is 46.9 Å². The highest BCUT2D eigenvalue weighted by Crippen LogP contribution is 2.25. The minimum atomic E-state index is 0.266. The molecule has 0 radical (unpaired) electrons. The molecule has 1 aromatic heterocycles. The van der Waals surface area contributed by atoms with Crippen LogP contribution in [0.2, 0.25) is 0 Å². The number of nitrogens with zero attached hydrogens (tertiary/aromatic N) is 2. The summed E-state index contributed by atoms with van der Waals surface area (Å²) in [5, 5.41) is 10.2. The monoisotopic (exact) mass is 302 g/mol. The van der Waals surface area contributed by atoms with Gasteiger partial charge in [0, 0.05) is 17.7 Å². The first-order valence-electron chi connectivity index (χ1n) is 6.84. The van der Waals surface area contributed by atoms with Crippen LogP contribution in [0.4, 0.5) is 0 Å². The Balaban J connectivity index is 1.70. The molecule has 108 valence electrons. The number of alkyl halides is 1. The van der Waals surface area contributed by atoms with Gasteiger partial charge in [0.2, 0.25) is 5.89 Å². The molecular weight excluding hydrogens is 288 g/mol. The number of fused-ring (bicyclic) bond motifs is 1. The number of rotatable bonds is 6. The summed E-state index contributed by atoms with van der Waals surface area (Å²) in [5.41, 5.74) is 0. The van der Waals surface area contributed by atoms with Crippen molar-refractivity contribution in [1.29, 1.82) is 0 Å². The number of hydrogen-bond donors (Lipinski definition) is 0. The van der Waals surface area contributed by atoms with Crippen LogP contribution in [-0.4, -0.2) is 16.1 Å². The highest BCUT2D eigenvalue weighted by atomic mass is 35.5. The summed E-state index contributed by atoms with van der Waals surface area (Å²) in [6, 6.07) is 14.0. The maximum absolute atomic E-state index is 5.80. The van der Waals surface area contributed by atoms with Crippen LogP contribution >= 0.6 is 11.6 Å². The molecule has 0 aliphatic heterocycles. The van der Waals surface area contributed by atoms with Crippen LogP contribution in [-0.2, 0) is 13.0 Å². The molecule has 0 saturated heterocycles. The number of aryl methyl sites for hydroxylation is 1. The number of aromatic nitrogens is 2. The number of ether oxygens (including phenoxy) is 1.